The highest BCUT2D eigenvalue weighted by molar-refractivity contribution is 5.74. The number of aromatic nitrogens is 6. The summed E-state index contributed by atoms with van der Waals surface area (Å²) in [5.41, 5.74) is 4.15. The van der Waals surface area contributed by atoms with Crippen LogP contribution in [-0.4, -0.2) is 55.7 Å². The maximum Gasteiger partial charge on any atom is 0.230 e. The predicted molar refractivity (Wildman–Crippen MR) is 111 cm³/mol. The Morgan fingerprint density at radius 2 is 1.93 bits per heavy atom. The number of benzene rings is 1. The monoisotopic (exact) mass is 389 g/mol. The number of hydrogen-bond donors (Lipinski definition) is 3. The molecule has 29 heavy (non-hydrogen) atoms. The first-order chi connectivity index (χ1) is 14.3. The molecule has 3 N–H and O–H groups in total. The number of fused-ring (bicyclic) bond motifs is 2. The molecule has 0 atom stereocenters. The first-order valence-electron chi connectivity index (χ1n) is 10.2. The average molecular weight is 389 g/mol. The van der Waals surface area contributed by atoms with Gasteiger partial charge in [0.05, 0.1) is 23.8 Å². The summed E-state index contributed by atoms with van der Waals surface area (Å²) in [5, 5.41) is 11.4. The van der Waals surface area contributed by atoms with E-state index in [0.717, 1.165) is 54.6 Å². The summed E-state index contributed by atoms with van der Waals surface area (Å²) in [6.07, 6.45) is 4.39. The van der Waals surface area contributed by atoms with Gasteiger partial charge < -0.3 is 20.5 Å². The molecule has 3 aromatic heterocycles. The van der Waals surface area contributed by atoms with Crippen LogP contribution in [0.25, 0.3) is 16.7 Å². The maximum absolute atomic E-state index is 4.89. The van der Waals surface area contributed by atoms with Gasteiger partial charge in [0.1, 0.15) is 5.82 Å². The number of nitrogens with one attached hydrogen (secondary N) is 3. The minimum Gasteiger partial charge on any atom is -0.347 e. The Morgan fingerprint density at radius 1 is 1.07 bits per heavy atom. The van der Waals surface area contributed by atoms with Gasteiger partial charge in [0.25, 0.3) is 0 Å². The van der Waals surface area contributed by atoms with Crippen molar-refractivity contribution in [2.24, 2.45) is 0 Å². The van der Waals surface area contributed by atoms with Crippen LogP contribution < -0.4 is 15.5 Å². The van der Waals surface area contributed by atoms with Gasteiger partial charge >= 0.3 is 0 Å². The fraction of sp³-hybridized carbons (Fsp3) is 0.400. The molecule has 4 heterocycles. The zero-order valence-electron chi connectivity index (χ0n) is 16.1. The van der Waals surface area contributed by atoms with Gasteiger partial charge in [0, 0.05) is 31.7 Å². The molecular formula is C20H23N9. The number of imidazole rings is 1. The van der Waals surface area contributed by atoms with E-state index in [1.54, 1.807) is 0 Å². The van der Waals surface area contributed by atoms with E-state index in [-0.39, 0.29) is 0 Å². The van der Waals surface area contributed by atoms with E-state index < -0.39 is 0 Å². The lowest BCUT2D eigenvalue weighted by molar-refractivity contribution is 0.579. The van der Waals surface area contributed by atoms with Crippen LogP contribution in [0.3, 0.4) is 0 Å². The number of hydrogen-bond acceptors (Lipinski definition) is 7. The Hall–Kier alpha value is -3.20. The topological polar surface area (TPSA) is 99.1 Å². The van der Waals surface area contributed by atoms with Gasteiger partial charge in [-0.05, 0) is 30.9 Å². The molecule has 0 bridgehead atoms. The highest BCUT2D eigenvalue weighted by Crippen LogP contribution is 2.42. The number of H-pyrrole nitrogens is 1. The van der Waals surface area contributed by atoms with Crippen molar-refractivity contribution in [3.8, 4) is 0 Å². The van der Waals surface area contributed by atoms with Crippen molar-refractivity contribution in [1.82, 2.24) is 34.9 Å². The molecule has 1 aliphatic heterocycles. The third-order valence-corrected chi connectivity index (χ3v) is 5.65. The normalized spacial score (nSPS) is 17.3. The molecule has 0 unspecified atom stereocenters. The molecule has 0 amide bonds. The Balaban J connectivity index is 1.36. The van der Waals surface area contributed by atoms with Crippen LogP contribution >= 0.6 is 0 Å². The van der Waals surface area contributed by atoms with Gasteiger partial charge in [-0.3, -0.25) is 0 Å². The molecule has 9 heteroatoms. The van der Waals surface area contributed by atoms with E-state index >= 15 is 0 Å². The number of aromatic amines is 1. The van der Waals surface area contributed by atoms with E-state index in [1.165, 1.54) is 18.4 Å². The molecule has 0 radical (unpaired) electrons. The van der Waals surface area contributed by atoms with Crippen LogP contribution in [0.15, 0.2) is 30.5 Å². The van der Waals surface area contributed by atoms with Gasteiger partial charge in [-0.2, -0.15) is 19.6 Å². The molecule has 2 fully saturated rings. The Labute approximate surface area is 167 Å². The molecule has 2 aliphatic rings. The molecule has 1 aromatic carbocycles. The standard InChI is InChI=1S/C20H23N9/c1-2-4-16-15(3-1)24-17(25-16)12-22-19-27-20(28-9-7-21-8-10-28)26-18-14(13-5-6-13)11-23-29(18)19/h1-4,11,13,21H,5-10,12H2,(H,24,25)(H,22,26,27). The Bertz CT molecular complexity index is 1130. The van der Waals surface area contributed by atoms with E-state index in [0.29, 0.717) is 18.4 Å². The van der Waals surface area contributed by atoms with Crippen molar-refractivity contribution >= 4 is 28.6 Å². The van der Waals surface area contributed by atoms with Crippen molar-refractivity contribution < 1.29 is 0 Å². The zero-order valence-corrected chi connectivity index (χ0v) is 16.1. The average Bonchev–Trinajstić information content (AvgIpc) is 3.37. The van der Waals surface area contributed by atoms with Gasteiger partial charge in [-0.15, -0.1) is 0 Å². The highest BCUT2D eigenvalue weighted by atomic mass is 15.4. The smallest absolute Gasteiger partial charge is 0.230 e. The van der Waals surface area contributed by atoms with Crippen LogP contribution in [0.2, 0.25) is 0 Å². The third kappa shape index (κ3) is 3.07. The summed E-state index contributed by atoms with van der Waals surface area (Å²) in [6, 6.07) is 8.05. The summed E-state index contributed by atoms with van der Waals surface area (Å²) in [6.45, 7) is 4.26. The van der Waals surface area contributed by atoms with Crippen molar-refractivity contribution in [3.63, 3.8) is 0 Å². The maximum atomic E-state index is 4.89. The van der Waals surface area contributed by atoms with Crippen LogP contribution in [0.5, 0.6) is 0 Å². The highest BCUT2D eigenvalue weighted by Gasteiger charge is 2.29. The van der Waals surface area contributed by atoms with Crippen molar-refractivity contribution in [2.45, 2.75) is 25.3 Å². The number of nitrogens with zero attached hydrogens (tertiary/aromatic N) is 6. The zero-order chi connectivity index (χ0) is 19.2. The van der Waals surface area contributed by atoms with Crippen LogP contribution in [0, 0.1) is 0 Å². The molecule has 1 saturated carbocycles. The van der Waals surface area contributed by atoms with Crippen LogP contribution in [-0.2, 0) is 6.54 Å². The largest absolute Gasteiger partial charge is 0.347 e. The second-order valence-corrected chi connectivity index (χ2v) is 7.75. The summed E-state index contributed by atoms with van der Waals surface area (Å²) >= 11 is 0. The molecule has 1 saturated heterocycles. The quantitative estimate of drug-likeness (QED) is 0.479. The van der Waals surface area contributed by atoms with Gasteiger partial charge in [-0.25, -0.2) is 4.98 Å². The molecule has 148 valence electrons. The van der Waals surface area contributed by atoms with Gasteiger partial charge in [0.15, 0.2) is 5.65 Å². The lowest BCUT2D eigenvalue weighted by Crippen LogP contribution is -2.44. The summed E-state index contributed by atoms with van der Waals surface area (Å²) < 4.78 is 1.84. The lowest BCUT2D eigenvalue weighted by atomic mass is 10.2. The molecule has 6 rings (SSSR count). The first kappa shape index (κ1) is 16.7. The minimum atomic E-state index is 0.542. The van der Waals surface area contributed by atoms with Gasteiger partial charge in [-0.1, -0.05) is 12.1 Å². The minimum absolute atomic E-state index is 0.542. The fourth-order valence-electron chi connectivity index (χ4n) is 3.94. The van der Waals surface area contributed by atoms with E-state index in [4.69, 9.17) is 9.97 Å². The van der Waals surface area contributed by atoms with E-state index in [1.807, 2.05) is 35.0 Å². The second-order valence-electron chi connectivity index (χ2n) is 7.75. The fourth-order valence-corrected chi connectivity index (χ4v) is 3.94. The van der Waals surface area contributed by atoms with Crippen LogP contribution in [0.1, 0.15) is 30.1 Å². The van der Waals surface area contributed by atoms with E-state index in [9.17, 15) is 0 Å². The molecule has 4 aromatic rings. The second kappa shape index (κ2) is 6.70. The van der Waals surface area contributed by atoms with Crippen molar-refractivity contribution in [1.29, 1.82) is 0 Å². The number of rotatable bonds is 5. The molecular weight excluding hydrogens is 366 g/mol. The molecule has 1 aliphatic carbocycles. The molecule has 0 spiro atoms. The SMILES string of the molecule is c1ccc2[nH]c(CNc3nc(N4CCNCC4)nc4c(C5CC5)cnn34)nc2c1. The summed E-state index contributed by atoms with van der Waals surface area (Å²) in [7, 11) is 0. The number of para-hydroxylation sites is 2. The van der Waals surface area contributed by atoms with Crippen molar-refractivity contribution in [2.75, 3.05) is 36.4 Å². The third-order valence-electron chi connectivity index (χ3n) is 5.65. The summed E-state index contributed by atoms with van der Waals surface area (Å²) in [4.78, 5) is 20.0. The van der Waals surface area contributed by atoms with Crippen LogP contribution in [0.4, 0.5) is 11.9 Å². The number of piperazine rings is 1. The van der Waals surface area contributed by atoms with Gasteiger partial charge in [0.2, 0.25) is 11.9 Å². The predicted octanol–water partition coefficient (Wildman–Crippen LogP) is 1.90. The molecule has 9 nitrogen and oxygen atoms in total. The summed E-state index contributed by atoms with van der Waals surface area (Å²) in [5.74, 6) is 2.93. The first-order valence-corrected chi connectivity index (χ1v) is 10.2. The lowest BCUT2D eigenvalue weighted by Gasteiger charge is -2.27. The van der Waals surface area contributed by atoms with Crippen molar-refractivity contribution in [3.05, 3.63) is 41.9 Å². The Morgan fingerprint density at radius 3 is 2.76 bits per heavy atom. The van der Waals surface area contributed by atoms with E-state index in [2.05, 4.69) is 30.6 Å². The Kier molecular flexibility index (Phi) is 3.86. The number of anilines is 2.